The van der Waals surface area contributed by atoms with E-state index in [2.05, 4.69) is 15.3 Å². The molecule has 1 atom stereocenters. The van der Waals surface area contributed by atoms with Crippen LogP contribution in [0.2, 0.25) is 0 Å². The Hall–Kier alpha value is -1.37. The van der Waals surface area contributed by atoms with Gasteiger partial charge in [-0.1, -0.05) is 0 Å². The lowest BCUT2D eigenvalue weighted by Crippen LogP contribution is -2.31. The van der Waals surface area contributed by atoms with E-state index in [1.54, 1.807) is 0 Å². The number of piperidine rings is 1. The van der Waals surface area contributed by atoms with Crippen molar-refractivity contribution in [1.82, 2.24) is 15.3 Å². The van der Waals surface area contributed by atoms with Gasteiger partial charge in [0.05, 0.1) is 0 Å². The minimum absolute atomic E-state index is 0.122. The van der Waals surface area contributed by atoms with E-state index in [0.717, 1.165) is 19.4 Å². The Labute approximate surface area is 95.3 Å². The van der Waals surface area contributed by atoms with E-state index in [1.807, 2.05) is 0 Å². The Bertz CT molecular complexity index is 449. The molecule has 1 aliphatic rings. The molecule has 4 nitrogen and oxygen atoms in total. The van der Waals surface area contributed by atoms with Crippen LogP contribution in [0.25, 0.3) is 0 Å². The van der Waals surface area contributed by atoms with E-state index in [4.69, 9.17) is 0 Å². The third-order valence-corrected chi connectivity index (χ3v) is 2.73. The molecule has 0 saturated carbocycles. The van der Waals surface area contributed by atoms with Crippen LogP contribution in [0.15, 0.2) is 10.9 Å². The average Bonchev–Trinajstić information content (AvgIpc) is 2.28. The predicted molar refractivity (Wildman–Crippen MR) is 54.7 cm³/mol. The maximum absolute atomic E-state index is 12.5. The summed E-state index contributed by atoms with van der Waals surface area (Å²) >= 11 is 0. The van der Waals surface area contributed by atoms with Gasteiger partial charge in [0.1, 0.15) is 5.82 Å². The Morgan fingerprint density at radius 1 is 1.41 bits per heavy atom. The van der Waals surface area contributed by atoms with Crippen LogP contribution in [0.3, 0.4) is 0 Å². The van der Waals surface area contributed by atoms with E-state index < -0.39 is 17.4 Å². The van der Waals surface area contributed by atoms with Gasteiger partial charge in [0.2, 0.25) is 0 Å². The van der Waals surface area contributed by atoms with Crippen molar-refractivity contribution in [3.05, 3.63) is 27.9 Å². The Kier molecular flexibility index (Phi) is 3.19. The smallest absolute Gasteiger partial charge is 0.316 e. The second-order valence-corrected chi connectivity index (χ2v) is 4.06. The molecule has 17 heavy (non-hydrogen) atoms. The highest BCUT2D eigenvalue weighted by Gasteiger charge is 2.34. The first-order chi connectivity index (χ1) is 7.97. The molecule has 1 aromatic heterocycles. The second kappa shape index (κ2) is 4.48. The number of nitrogens with zero attached hydrogens (tertiary/aromatic N) is 1. The van der Waals surface area contributed by atoms with Gasteiger partial charge >= 0.3 is 6.18 Å². The van der Waals surface area contributed by atoms with Crippen molar-refractivity contribution in [2.45, 2.75) is 24.9 Å². The van der Waals surface area contributed by atoms with Crippen LogP contribution in [0.4, 0.5) is 13.2 Å². The van der Waals surface area contributed by atoms with E-state index >= 15 is 0 Å². The van der Waals surface area contributed by atoms with Gasteiger partial charge in [0, 0.05) is 18.5 Å². The molecule has 0 bridgehead atoms. The number of aromatic amines is 1. The zero-order chi connectivity index (χ0) is 12.5. The molecular formula is C10H12F3N3O. The number of hydrogen-bond donors (Lipinski definition) is 2. The van der Waals surface area contributed by atoms with E-state index in [0.29, 0.717) is 12.6 Å². The van der Waals surface area contributed by atoms with Crippen molar-refractivity contribution in [3.63, 3.8) is 0 Å². The van der Waals surface area contributed by atoms with Crippen molar-refractivity contribution < 1.29 is 13.2 Å². The largest absolute Gasteiger partial charge is 0.433 e. The molecule has 94 valence electrons. The van der Waals surface area contributed by atoms with Gasteiger partial charge in [-0.2, -0.15) is 13.2 Å². The van der Waals surface area contributed by atoms with Crippen molar-refractivity contribution >= 4 is 0 Å². The monoisotopic (exact) mass is 247 g/mol. The summed E-state index contributed by atoms with van der Waals surface area (Å²) in [7, 11) is 0. The number of hydrogen-bond acceptors (Lipinski definition) is 3. The number of alkyl halides is 3. The molecule has 1 unspecified atom stereocenters. The lowest BCUT2D eigenvalue weighted by molar-refractivity contribution is -0.141. The summed E-state index contributed by atoms with van der Waals surface area (Å²) in [5, 5.41) is 3.07. The van der Waals surface area contributed by atoms with Gasteiger partial charge in [-0.15, -0.1) is 0 Å². The molecule has 0 amide bonds. The van der Waals surface area contributed by atoms with Crippen molar-refractivity contribution in [3.8, 4) is 0 Å². The molecule has 1 aliphatic heterocycles. The number of H-pyrrole nitrogens is 1. The van der Waals surface area contributed by atoms with Crippen molar-refractivity contribution in [2.75, 3.05) is 13.1 Å². The third kappa shape index (κ3) is 2.85. The van der Waals surface area contributed by atoms with Crippen LogP contribution in [-0.4, -0.2) is 23.1 Å². The molecule has 0 spiro atoms. The highest BCUT2D eigenvalue weighted by atomic mass is 19.4. The molecule has 1 aromatic rings. The lowest BCUT2D eigenvalue weighted by atomic mass is 9.99. The lowest BCUT2D eigenvalue weighted by Gasteiger charge is -2.22. The molecule has 2 rings (SSSR count). The molecule has 0 aliphatic carbocycles. The second-order valence-electron chi connectivity index (χ2n) is 4.06. The molecule has 1 saturated heterocycles. The minimum Gasteiger partial charge on any atom is -0.316 e. The first-order valence-electron chi connectivity index (χ1n) is 5.36. The minimum atomic E-state index is -4.58. The molecule has 7 heteroatoms. The maximum atomic E-state index is 12.5. The average molecular weight is 247 g/mol. The van der Waals surface area contributed by atoms with Crippen LogP contribution in [0.5, 0.6) is 0 Å². The molecule has 0 radical (unpaired) electrons. The SMILES string of the molecule is O=c1cc(C(F)(F)F)nc(C2CCCNC2)[nH]1. The van der Waals surface area contributed by atoms with Gasteiger partial charge in [-0.3, -0.25) is 4.79 Å². The fourth-order valence-electron chi connectivity index (χ4n) is 1.90. The summed E-state index contributed by atoms with van der Waals surface area (Å²) in [5.41, 5.74) is -1.88. The van der Waals surface area contributed by atoms with Crippen LogP contribution >= 0.6 is 0 Å². The van der Waals surface area contributed by atoms with Gasteiger partial charge in [-0.25, -0.2) is 4.98 Å². The van der Waals surface area contributed by atoms with Crippen LogP contribution in [0, 0.1) is 0 Å². The number of aromatic nitrogens is 2. The standard InChI is InChI=1S/C10H12F3N3O/c11-10(12,13)7-4-8(17)16-9(15-7)6-2-1-3-14-5-6/h4,6,14H,1-3,5H2,(H,15,16,17). The summed E-state index contributed by atoms with van der Waals surface area (Å²) < 4.78 is 37.5. The maximum Gasteiger partial charge on any atom is 0.433 e. The van der Waals surface area contributed by atoms with Crippen molar-refractivity contribution in [2.24, 2.45) is 0 Å². The molecule has 1 fully saturated rings. The van der Waals surface area contributed by atoms with E-state index in [-0.39, 0.29) is 11.7 Å². The zero-order valence-corrected chi connectivity index (χ0v) is 8.97. The topological polar surface area (TPSA) is 57.8 Å². The predicted octanol–water partition coefficient (Wildman–Crippen LogP) is 1.26. The normalized spacial score (nSPS) is 21.5. The Morgan fingerprint density at radius 3 is 2.76 bits per heavy atom. The highest BCUT2D eigenvalue weighted by molar-refractivity contribution is 5.09. The fraction of sp³-hybridized carbons (Fsp3) is 0.600. The van der Waals surface area contributed by atoms with Crippen molar-refractivity contribution in [1.29, 1.82) is 0 Å². The van der Waals surface area contributed by atoms with Crippen LogP contribution in [-0.2, 0) is 6.18 Å². The fourth-order valence-corrected chi connectivity index (χ4v) is 1.90. The Balaban J connectivity index is 2.34. The third-order valence-electron chi connectivity index (χ3n) is 2.73. The van der Waals surface area contributed by atoms with Gasteiger partial charge in [0.15, 0.2) is 5.69 Å². The number of halogens is 3. The van der Waals surface area contributed by atoms with Crippen LogP contribution in [0.1, 0.15) is 30.3 Å². The first-order valence-corrected chi connectivity index (χ1v) is 5.36. The molecular weight excluding hydrogens is 235 g/mol. The van der Waals surface area contributed by atoms with Gasteiger partial charge in [0.25, 0.3) is 5.56 Å². The summed E-state index contributed by atoms with van der Waals surface area (Å²) in [6.07, 6.45) is -2.98. The summed E-state index contributed by atoms with van der Waals surface area (Å²) in [4.78, 5) is 17.1. The number of rotatable bonds is 1. The first kappa shape index (κ1) is 12.1. The summed E-state index contributed by atoms with van der Waals surface area (Å²) in [5.74, 6) is -0.0317. The highest BCUT2D eigenvalue weighted by Crippen LogP contribution is 2.28. The molecule has 2 N–H and O–H groups in total. The van der Waals surface area contributed by atoms with Crippen LogP contribution < -0.4 is 10.9 Å². The Morgan fingerprint density at radius 2 is 2.18 bits per heavy atom. The van der Waals surface area contributed by atoms with Gasteiger partial charge < -0.3 is 10.3 Å². The van der Waals surface area contributed by atoms with E-state index in [1.165, 1.54) is 0 Å². The quantitative estimate of drug-likeness (QED) is 0.785. The summed E-state index contributed by atoms with van der Waals surface area (Å²) in [6, 6.07) is 0.486. The van der Waals surface area contributed by atoms with Gasteiger partial charge in [-0.05, 0) is 19.4 Å². The zero-order valence-electron chi connectivity index (χ0n) is 8.97. The molecule has 2 heterocycles. The molecule has 0 aromatic carbocycles. The van der Waals surface area contributed by atoms with E-state index in [9.17, 15) is 18.0 Å². The summed E-state index contributed by atoms with van der Waals surface area (Å²) in [6.45, 7) is 1.39. The number of nitrogens with one attached hydrogen (secondary N) is 2.